The van der Waals surface area contributed by atoms with Gasteiger partial charge in [-0.3, -0.25) is 0 Å². The number of amides is 2. The van der Waals surface area contributed by atoms with Crippen LogP contribution < -0.4 is 10.0 Å². The van der Waals surface area contributed by atoms with Crippen molar-refractivity contribution in [3.8, 4) is 0 Å². The van der Waals surface area contributed by atoms with Gasteiger partial charge in [0.15, 0.2) is 0 Å². The van der Waals surface area contributed by atoms with E-state index >= 15 is 0 Å². The number of urea groups is 1. The Morgan fingerprint density at radius 3 is 2.74 bits per heavy atom. The summed E-state index contributed by atoms with van der Waals surface area (Å²) in [7, 11) is -3.56. The number of carbonyl (C=O) groups excluding carboxylic acids is 1. The summed E-state index contributed by atoms with van der Waals surface area (Å²) < 4.78 is 27.1. The van der Waals surface area contributed by atoms with E-state index in [0.717, 1.165) is 0 Å². The van der Waals surface area contributed by atoms with Crippen LogP contribution in [-0.4, -0.2) is 45.5 Å². The van der Waals surface area contributed by atoms with Crippen LogP contribution in [0.1, 0.15) is 0 Å². The lowest BCUT2D eigenvalue weighted by molar-refractivity contribution is 0.218. The first kappa shape index (κ1) is 14.3. The minimum Gasteiger partial charge on any atom is -0.336 e. The van der Waals surface area contributed by atoms with Crippen LogP contribution in [-0.2, 0) is 10.0 Å². The van der Waals surface area contributed by atoms with Crippen molar-refractivity contribution in [1.29, 1.82) is 0 Å². The normalized spacial score (nSPS) is 15.6. The van der Waals surface area contributed by atoms with E-state index in [1.165, 1.54) is 6.07 Å². The van der Waals surface area contributed by atoms with E-state index in [4.69, 9.17) is 0 Å². The highest BCUT2D eigenvalue weighted by atomic mass is 79.9. The van der Waals surface area contributed by atoms with Crippen LogP contribution in [0, 0.1) is 0 Å². The fourth-order valence-electron chi connectivity index (χ4n) is 1.78. The van der Waals surface area contributed by atoms with Crippen molar-refractivity contribution in [2.45, 2.75) is 4.90 Å². The molecule has 1 fully saturated rings. The number of halogens is 1. The highest BCUT2D eigenvalue weighted by molar-refractivity contribution is 9.10. The van der Waals surface area contributed by atoms with Crippen molar-refractivity contribution in [2.75, 3.05) is 26.2 Å². The molecule has 0 radical (unpaired) electrons. The molecule has 2 rings (SSSR count). The van der Waals surface area contributed by atoms with Gasteiger partial charge in [-0.1, -0.05) is 12.1 Å². The third kappa shape index (κ3) is 3.46. The quantitative estimate of drug-likeness (QED) is 0.824. The summed E-state index contributed by atoms with van der Waals surface area (Å²) in [5, 5.41) is 2.66. The lowest BCUT2D eigenvalue weighted by atomic mass is 10.4. The van der Waals surface area contributed by atoms with Crippen molar-refractivity contribution >= 4 is 32.0 Å². The summed E-state index contributed by atoms with van der Waals surface area (Å²) in [6.07, 6.45) is 0. The number of nitrogens with one attached hydrogen (secondary N) is 2. The topological polar surface area (TPSA) is 78.5 Å². The zero-order valence-electron chi connectivity index (χ0n) is 10.1. The number of sulfonamides is 1. The molecule has 1 aliphatic rings. The molecule has 2 N–H and O–H groups in total. The first-order valence-electron chi connectivity index (χ1n) is 5.78. The Bertz CT molecular complexity index is 576. The summed E-state index contributed by atoms with van der Waals surface area (Å²) in [6.45, 7) is 1.76. The van der Waals surface area contributed by atoms with Crippen LogP contribution in [0.5, 0.6) is 0 Å². The summed E-state index contributed by atoms with van der Waals surface area (Å²) in [4.78, 5) is 13.1. The van der Waals surface area contributed by atoms with Crippen molar-refractivity contribution < 1.29 is 13.2 Å². The number of hydrogen-bond acceptors (Lipinski definition) is 3. The second-order valence-corrected chi connectivity index (χ2v) is 6.64. The van der Waals surface area contributed by atoms with E-state index in [2.05, 4.69) is 26.0 Å². The number of carbonyl (C=O) groups is 1. The van der Waals surface area contributed by atoms with Crippen LogP contribution in [0.4, 0.5) is 4.79 Å². The van der Waals surface area contributed by atoms with Gasteiger partial charge in [0, 0.05) is 30.7 Å². The predicted octanol–water partition coefficient (Wildman–Crippen LogP) is 0.753. The van der Waals surface area contributed by atoms with E-state index in [-0.39, 0.29) is 17.5 Å². The van der Waals surface area contributed by atoms with Gasteiger partial charge in [0.2, 0.25) is 10.0 Å². The maximum absolute atomic E-state index is 12.0. The van der Waals surface area contributed by atoms with Crippen molar-refractivity contribution in [3.05, 3.63) is 28.7 Å². The summed E-state index contributed by atoms with van der Waals surface area (Å²) in [6, 6.07) is 6.45. The largest absolute Gasteiger partial charge is 0.336 e. The van der Waals surface area contributed by atoms with Crippen LogP contribution in [0.3, 0.4) is 0 Å². The van der Waals surface area contributed by atoms with Gasteiger partial charge < -0.3 is 10.2 Å². The highest BCUT2D eigenvalue weighted by Crippen LogP contribution is 2.20. The lowest BCUT2D eigenvalue weighted by Gasteiger charge is -2.14. The monoisotopic (exact) mass is 347 g/mol. The van der Waals surface area contributed by atoms with Gasteiger partial charge in [0.05, 0.1) is 4.90 Å². The number of nitrogens with zero attached hydrogens (tertiary/aromatic N) is 1. The smallest absolute Gasteiger partial charge is 0.317 e. The molecule has 0 atom stereocenters. The van der Waals surface area contributed by atoms with E-state index in [1.54, 1.807) is 23.1 Å². The van der Waals surface area contributed by atoms with Crippen molar-refractivity contribution in [3.63, 3.8) is 0 Å². The van der Waals surface area contributed by atoms with Gasteiger partial charge in [0.1, 0.15) is 0 Å². The minimum absolute atomic E-state index is 0.153. The average molecular weight is 348 g/mol. The fourth-order valence-corrected chi connectivity index (χ4v) is 3.80. The second kappa shape index (κ2) is 5.89. The summed E-state index contributed by atoms with van der Waals surface area (Å²) in [5.74, 6) is 0. The van der Waals surface area contributed by atoms with E-state index in [9.17, 15) is 13.2 Å². The molecule has 0 aliphatic carbocycles. The summed E-state index contributed by atoms with van der Waals surface area (Å²) >= 11 is 3.21. The number of benzene rings is 1. The van der Waals surface area contributed by atoms with E-state index in [0.29, 0.717) is 24.1 Å². The Morgan fingerprint density at radius 1 is 1.37 bits per heavy atom. The highest BCUT2D eigenvalue weighted by Gasteiger charge is 2.21. The Morgan fingerprint density at radius 2 is 2.11 bits per heavy atom. The molecular weight excluding hydrogens is 334 g/mol. The van der Waals surface area contributed by atoms with Gasteiger partial charge in [-0.25, -0.2) is 17.9 Å². The molecule has 0 aromatic heterocycles. The minimum atomic E-state index is -3.56. The van der Waals surface area contributed by atoms with Gasteiger partial charge >= 0.3 is 6.03 Å². The first-order chi connectivity index (χ1) is 9.00. The molecular formula is C11H14BrN3O3S. The van der Waals surface area contributed by atoms with Crippen LogP contribution in [0.25, 0.3) is 0 Å². The summed E-state index contributed by atoms with van der Waals surface area (Å²) in [5.41, 5.74) is 0. The molecule has 2 amide bonds. The standard InChI is InChI=1S/C11H14BrN3O3S/c12-9-3-1-2-4-10(9)19(17,18)14-6-8-15-7-5-13-11(15)16/h1-4,14H,5-8H2,(H,13,16). The van der Waals surface area contributed by atoms with E-state index in [1.807, 2.05) is 0 Å². The molecule has 0 unspecified atom stereocenters. The molecule has 1 aromatic carbocycles. The lowest BCUT2D eigenvalue weighted by Crippen LogP contribution is -2.36. The van der Waals surface area contributed by atoms with Crippen LogP contribution in [0.15, 0.2) is 33.6 Å². The van der Waals surface area contributed by atoms with Gasteiger partial charge in [-0.2, -0.15) is 0 Å². The molecule has 0 spiro atoms. The zero-order valence-corrected chi connectivity index (χ0v) is 12.5. The first-order valence-corrected chi connectivity index (χ1v) is 8.05. The Hall–Kier alpha value is -1.12. The van der Waals surface area contributed by atoms with Gasteiger partial charge in [-0.15, -0.1) is 0 Å². The van der Waals surface area contributed by atoms with E-state index < -0.39 is 10.0 Å². The molecule has 1 saturated heterocycles. The molecule has 1 heterocycles. The Balaban J connectivity index is 1.95. The fraction of sp³-hybridized carbons (Fsp3) is 0.364. The molecule has 0 bridgehead atoms. The molecule has 0 saturated carbocycles. The maximum Gasteiger partial charge on any atom is 0.317 e. The van der Waals surface area contributed by atoms with Gasteiger partial charge in [0.25, 0.3) is 0 Å². The number of rotatable bonds is 5. The van der Waals surface area contributed by atoms with Crippen molar-refractivity contribution in [2.24, 2.45) is 0 Å². The molecule has 1 aromatic rings. The van der Waals surface area contributed by atoms with Gasteiger partial charge in [-0.05, 0) is 28.1 Å². The van der Waals surface area contributed by atoms with Crippen LogP contribution >= 0.6 is 15.9 Å². The predicted molar refractivity (Wildman–Crippen MR) is 74.3 cm³/mol. The molecule has 104 valence electrons. The second-order valence-electron chi connectivity index (χ2n) is 4.05. The zero-order chi connectivity index (χ0) is 13.9. The molecule has 19 heavy (non-hydrogen) atoms. The van der Waals surface area contributed by atoms with Crippen molar-refractivity contribution in [1.82, 2.24) is 14.9 Å². The number of hydrogen-bond donors (Lipinski definition) is 2. The molecule has 6 nitrogen and oxygen atoms in total. The molecule has 8 heteroatoms. The van der Waals surface area contributed by atoms with Crippen LogP contribution in [0.2, 0.25) is 0 Å². The Labute approximate surface area is 120 Å². The molecule has 1 aliphatic heterocycles. The SMILES string of the molecule is O=C1NCCN1CCNS(=O)(=O)c1ccccc1Br. The maximum atomic E-state index is 12.0. The average Bonchev–Trinajstić information content (AvgIpc) is 2.75. The Kier molecular flexibility index (Phi) is 4.43. The third-order valence-electron chi connectivity index (χ3n) is 2.75. The third-order valence-corrected chi connectivity index (χ3v) is 5.22.